The summed E-state index contributed by atoms with van der Waals surface area (Å²) in [6.07, 6.45) is 2.92. The Balaban J connectivity index is 1.66. The van der Waals surface area contributed by atoms with E-state index in [1.165, 1.54) is 36.6 Å². The number of rotatable bonds is 4. The Kier molecular flexibility index (Phi) is 5.37. The van der Waals surface area contributed by atoms with Crippen LogP contribution in [0, 0.1) is 5.82 Å². The summed E-state index contributed by atoms with van der Waals surface area (Å²) in [6, 6.07) is 7.07. The number of benzene rings is 1. The van der Waals surface area contributed by atoms with Gasteiger partial charge < -0.3 is 5.32 Å². The van der Waals surface area contributed by atoms with Crippen molar-refractivity contribution in [3.8, 4) is 10.7 Å². The highest BCUT2D eigenvalue weighted by Gasteiger charge is 2.30. The minimum Gasteiger partial charge on any atom is -0.321 e. The Morgan fingerprint density at radius 1 is 1.19 bits per heavy atom. The lowest BCUT2D eigenvalue weighted by Gasteiger charge is -2.23. The number of thiophene rings is 1. The van der Waals surface area contributed by atoms with Gasteiger partial charge in [-0.15, -0.1) is 15.7 Å². The van der Waals surface area contributed by atoms with E-state index in [1.807, 2.05) is 0 Å². The van der Waals surface area contributed by atoms with Crippen LogP contribution in [0.25, 0.3) is 10.7 Å². The van der Waals surface area contributed by atoms with E-state index in [0.29, 0.717) is 10.7 Å². The van der Waals surface area contributed by atoms with Crippen LogP contribution in [0.1, 0.15) is 4.88 Å². The van der Waals surface area contributed by atoms with Crippen molar-refractivity contribution in [2.75, 3.05) is 12.4 Å². The predicted octanol–water partition coefficient (Wildman–Crippen LogP) is 2.84. The van der Waals surface area contributed by atoms with Crippen molar-refractivity contribution in [3.05, 3.63) is 64.1 Å². The zero-order chi connectivity index (χ0) is 22.3. The number of likely N-dealkylation sites (N-methyl/N-ethyl adjacent to an activating group) is 1. The van der Waals surface area contributed by atoms with E-state index >= 15 is 0 Å². The van der Waals surface area contributed by atoms with Crippen LogP contribution >= 0.6 is 22.9 Å². The number of hydrogen-bond acceptors (Lipinski definition) is 6. The average Bonchev–Trinajstić information content (AvgIpc) is 3.35. The van der Waals surface area contributed by atoms with Crippen molar-refractivity contribution in [2.45, 2.75) is 0 Å². The smallest absolute Gasteiger partial charge is 0.321 e. The van der Waals surface area contributed by atoms with Gasteiger partial charge in [0, 0.05) is 19.8 Å². The summed E-state index contributed by atoms with van der Waals surface area (Å²) in [4.78, 5) is 18.2. The summed E-state index contributed by atoms with van der Waals surface area (Å²) in [5.41, 5.74) is 0.163. The molecule has 9 nitrogen and oxygen atoms in total. The minimum atomic E-state index is -4.13. The van der Waals surface area contributed by atoms with E-state index in [-0.39, 0.29) is 22.1 Å². The second-order valence-corrected chi connectivity index (χ2v) is 9.56. The lowest BCUT2D eigenvalue weighted by atomic mass is 10.2. The van der Waals surface area contributed by atoms with Gasteiger partial charge in [-0.05, 0) is 36.4 Å². The molecule has 160 valence electrons. The minimum absolute atomic E-state index is 0.104. The van der Waals surface area contributed by atoms with Crippen LogP contribution in [0.15, 0.2) is 52.8 Å². The molecule has 3 aromatic rings. The normalized spacial score (nSPS) is 15.4. The summed E-state index contributed by atoms with van der Waals surface area (Å²) < 4.78 is 44.5. The molecule has 0 unspecified atom stereocenters. The summed E-state index contributed by atoms with van der Waals surface area (Å²) in [5.74, 6) is -0.865. The Hall–Kier alpha value is -3.09. The highest BCUT2D eigenvalue weighted by molar-refractivity contribution is 7.88. The maximum absolute atomic E-state index is 13.4. The Labute approximate surface area is 185 Å². The SMILES string of the molecule is CN1C(C(=O)Nc2ccc(F)c(Cl)c2)=CC(c2ccc(-c3ncn(C)n3)s2)=NS1(=O)=O. The van der Waals surface area contributed by atoms with E-state index in [4.69, 9.17) is 11.6 Å². The van der Waals surface area contributed by atoms with Crippen molar-refractivity contribution < 1.29 is 17.6 Å². The van der Waals surface area contributed by atoms with Crippen LogP contribution in [0.3, 0.4) is 0 Å². The quantitative estimate of drug-likeness (QED) is 0.617. The zero-order valence-corrected chi connectivity index (χ0v) is 18.5. The second-order valence-electron chi connectivity index (χ2n) is 6.44. The first-order valence-corrected chi connectivity index (χ1v) is 11.3. The highest BCUT2D eigenvalue weighted by Crippen LogP contribution is 2.29. The molecular formula is C18H14ClFN6O3S2. The highest BCUT2D eigenvalue weighted by atomic mass is 35.5. The molecule has 1 aromatic carbocycles. The van der Waals surface area contributed by atoms with Crippen LogP contribution < -0.4 is 5.32 Å². The number of amides is 1. The van der Waals surface area contributed by atoms with Crippen LogP contribution in [0.4, 0.5) is 10.1 Å². The molecule has 0 saturated carbocycles. The number of nitrogens with one attached hydrogen (secondary N) is 1. The molecule has 13 heteroatoms. The van der Waals surface area contributed by atoms with Gasteiger partial charge in [0.15, 0.2) is 5.82 Å². The van der Waals surface area contributed by atoms with Crippen molar-refractivity contribution >= 4 is 50.5 Å². The first kappa shape index (κ1) is 21.2. The van der Waals surface area contributed by atoms with E-state index < -0.39 is 21.9 Å². The van der Waals surface area contributed by atoms with Crippen LogP contribution in [0.2, 0.25) is 5.02 Å². The first-order chi connectivity index (χ1) is 14.6. The standard InChI is InChI=1S/C18H14ClFN6O3S2/c1-25-9-21-17(23-25)16-6-5-15(30-16)13-8-14(26(2)31(28,29)24-13)18(27)22-10-3-4-12(20)11(19)7-10/h3-9H,1-2H3,(H,22,27). The lowest BCUT2D eigenvalue weighted by molar-refractivity contribution is -0.113. The molecule has 1 aliphatic heterocycles. The number of carbonyl (C=O) groups excluding carboxylic acids is 1. The molecule has 4 rings (SSSR count). The van der Waals surface area contributed by atoms with Gasteiger partial charge in [-0.1, -0.05) is 11.6 Å². The van der Waals surface area contributed by atoms with E-state index in [0.717, 1.165) is 15.2 Å². The molecule has 1 aliphatic rings. The predicted molar refractivity (Wildman–Crippen MR) is 116 cm³/mol. The summed E-state index contributed by atoms with van der Waals surface area (Å²) >= 11 is 6.98. The summed E-state index contributed by atoms with van der Waals surface area (Å²) in [5, 5.41) is 6.56. The maximum Gasteiger partial charge on any atom is 0.345 e. The first-order valence-electron chi connectivity index (χ1n) is 8.67. The number of nitrogens with zero attached hydrogens (tertiary/aromatic N) is 5. The fourth-order valence-corrected chi connectivity index (χ4v) is 4.75. The molecule has 0 bridgehead atoms. The number of halogens is 2. The molecule has 31 heavy (non-hydrogen) atoms. The Morgan fingerprint density at radius 2 is 1.94 bits per heavy atom. The van der Waals surface area contributed by atoms with E-state index in [2.05, 4.69) is 19.8 Å². The molecule has 0 spiro atoms. The third kappa shape index (κ3) is 4.22. The third-order valence-corrected chi connectivity index (χ3v) is 6.97. The fraction of sp³-hybridized carbons (Fsp3) is 0.111. The maximum atomic E-state index is 13.4. The average molecular weight is 481 g/mol. The van der Waals surface area contributed by atoms with Gasteiger partial charge in [-0.25, -0.2) is 13.7 Å². The van der Waals surface area contributed by atoms with Gasteiger partial charge in [0.1, 0.15) is 17.8 Å². The van der Waals surface area contributed by atoms with Crippen LogP contribution in [-0.2, 0) is 22.1 Å². The van der Waals surface area contributed by atoms with Crippen LogP contribution in [-0.4, -0.2) is 46.2 Å². The van der Waals surface area contributed by atoms with Gasteiger partial charge in [0.2, 0.25) is 0 Å². The number of aryl methyl sites for hydroxylation is 1. The van der Waals surface area contributed by atoms with Crippen molar-refractivity contribution in [2.24, 2.45) is 11.4 Å². The van der Waals surface area contributed by atoms with Gasteiger partial charge in [0.05, 0.1) is 20.5 Å². The number of hydrogen-bond donors (Lipinski definition) is 1. The molecule has 0 radical (unpaired) electrons. The van der Waals surface area contributed by atoms with E-state index in [1.54, 1.807) is 30.2 Å². The lowest BCUT2D eigenvalue weighted by Crippen LogP contribution is -2.35. The molecule has 0 fully saturated rings. The number of aromatic nitrogens is 3. The van der Waals surface area contributed by atoms with Gasteiger partial charge >= 0.3 is 10.2 Å². The van der Waals surface area contributed by atoms with Gasteiger partial charge in [0.25, 0.3) is 5.91 Å². The van der Waals surface area contributed by atoms with Crippen molar-refractivity contribution in [1.82, 2.24) is 19.1 Å². The summed E-state index contributed by atoms with van der Waals surface area (Å²) in [6.45, 7) is 0. The molecular weight excluding hydrogens is 467 g/mol. The molecule has 0 saturated heterocycles. The molecule has 3 heterocycles. The Bertz CT molecular complexity index is 1360. The topological polar surface area (TPSA) is 110 Å². The second kappa shape index (κ2) is 7.87. The van der Waals surface area contributed by atoms with Crippen molar-refractivity contribution in [3.63, 3.8) is 0 Å². The molecule has 2 aromatic heterocycles. The number of allylic oxidation sites excluding steroid dienone is 1. The van der Waals surface area contributed by atoms with Crippen LogP contribution in [0.5, 0.6) is 0 Å². The van der Waals surface area contributed by atoms with Gasteiger partial charge in [-0.3, -0.25) is 9.48 Å². The molecule has 0 atom stereocenters. The fourth-order valence-electron chi connectivity index (χ4n) is 2.70. The van der Waals surface area contributed by atoms with Gasteiger partial charge in [-0.2, -0.15) is 13.5 Å². The molecule has 0 aliphatic carbocycles. The monoisotopic (exact) mass is 480 g/mol. The molecule has 1 N–H and O–H groups in total. The number of carbonyl (C=O) groups is 1. The Morgan fingerprint density at radius 3 is 2.61 bits per heavy atom. The third-order valence-electron chi connectivity index (χ3n) is 4.26. The molecule has 1 amide bonds. The van der Waals surface area contributed by atoms with Crippen molar-refractivity contribution in [1.29, 1.82) is 0 Å². The van der Waals surface area contributed by atoms with E-state index in [9.17, 15) is 17.6 Å². The zero-order valence-electron chi connectivity index (χ0n) is 16.1. The number of anilines is 1. The largest absolute Gasteiger partial charge is 0.345 e. The summed E-state index contributed by atoms with van der Waals surface area (Å²) in [7, 11) is -1.18.